The van der Waals surface area contributed by atoms with Crippen molar-refractivity contribution in [3.8, 4) is 11.5 Å². The first-order valence-corrected chi connectivity index (χ1v) is 11.1. The van der Waals surface area contributed by atoms with E-state index in [2.05, 4.69) is 58.7 Å². The second-order valence-corrected chi connectivity index (χ2v) is 8.01. The van der Waals surface area contributed by atoms with E-state index in [1.54, 1.807) is 32.4 Å². The number of carbonyl (C=O) groups is 1. The molecule has 0 bridgehead atoms. The van der Waals surface area contributed by atoms with E-state index >= 15 is 0 Å². The summed E-state index contributed by atoms with van der Waals surface area (Å²) in [5.41, 5.74) is 5.92. The van der Waals surface area contributed by atoms with Crippen molar-refractivity contribution in [2.45, 2.75) is 25.8 Å². The quantitative estimate of drug-likeness (QED) is 0.530. The second kappa shape index (κ2) is 10.2. The Morgan fingerprint density at radius 1 is 0.938 bits per heavy atom. The zero-order chi connectivity index (χ0) is 22.3. The lowest BCUT2D eigenvalue weighted by Crippen LogP contribution is -2.30. The maximum atomic E-state index is 12.6. The zero-order valence-electron chi connectivity index (χ0n) is 18.8. The number of anilines is 1. The van der Waals surface area contributed by atoms with Gasteiger partial charge < -0.3 is 19.7 Å². The maximum absolute atomic E-state index is 12.6. The van der Waals surface area contributed by atoms with Gasteiger partial charge in [0.1, 0.15) is 0 Å². The van der Waals surface area contributed by atoms with Gasteiger partial charge in [-0.2, -0.15) is 0 Å². The highest BCUT2D eigenvalue weighted by molar-refractivity contribution is 5.97. The summed E-state index contributed by atoms with van der Waals surface area (Å²) in [6.45, 7) is 2.62. The fraction of sp³-hybridized carbons (Fsp3) is 0.296. The van der Waals surface area contributed by atoms with Crippen LogP contribution in [0.1, 0.15) is 33.5 Å². The molecule has 0 saturated carbocycles. The number of rotatable bonds is 8. The van der Waals surface area contributed by atoms with E-state index in [1.165, 1.54) is 22.4 Å². The molecule has 0 aromatic heterocycles. The number of nitrogens with zero attached hydrogens (tertiary/aromatic N) is 1. The van der Waals surface area contributed by atoms with Crippen molar-refractivity contribution in [3.05, 3.63) is 89.0 Å². The van der Waals surface area contributed by atoms with Gasteiger partial charge in [-0.05, 0) is 60.2 Å². The molecule has 1 amide bonds. The molecule has 0 saturated heterocycles. The molecule has 0 atom stereocenters. The van der Waals surface area contributed by atoms with Crippen molar-refractivity contribution >= 4 is 11.6 Å². The van der Waals surface area contributed by atoms with Crippen molar-refractivity contribution in [2.24, 2.45) is 0 Å². The Bertz CT molecular complexity index is 1060. The second-order valence-electron chi connectivity index (χ2n) is 8.01. The third kappa shape index (κ3) is 4.88. The van der Waals surface area contributed by atoms with Crippen LogP contribution in [0, 0.1) is 0 Å². The molecule has 0 radical (unpaired) electrons. The van der Waals surface area contributed by atoms with Crippen LogP contribution in [-0.2, 0) is 19.4 Å². The molecule has 3 aromatic carbocycles. The highest BCUT2D eigenvalue weighted by Gasteiger charge is 2.17. The summed E-state index contributed by atoms with van der Waals surface area (Å²) in [5.74, 6) is 0.863. The number of ether oxygens (including phenoxy) is 2. The van der Waals surface area contributed by atoms with E-state index in [1.807, 2.05) is 0 Å². The van der Waals surface area contributed by atoms with Crippen LogP contribution in [0.5, 0.6) is 11.5 Å². The number of carbonyl (C=O) groups excluding carboxylic acids is 1. The van der Waals surface area contributed by atoms with Crippen LogP contribution in [0.3, 0.4) is 0 Å². The lowest BCUT2D eigenvalue weighted by molar-refractivity contribution is 0.0949. The number of hydrogen-bond donors (Lipinski definition) is 1. The smallest absolute Gasteiger partial charge is 0.255 e. The molecule has 0 aliphatic carbocycles. The van der Waals surface area contributed by atoms with E-state index in [0.29, 0.717) is 23.6 Å². The Balaban J connectivity index is 1.27. The average Bonchev–Trinajstić information content (AvgIpc) is 2.86. The molecule has 5 heteroatoms. The minimum absolute atomic E-state index is 0.151. The van der Waals surface area contributed by atoms with Crippen LogP contribution in [0.25, 0.3) is 0 Å². The standard InChI is InChI=1S/C27H30N2O3/c1-31-25-11-5-10-24(26(25)32-2)27(30)28-17-6-7-20-12-14-23(15-13-20)29-18-16-21-8-3-4-9-22(21)19-29/h3-5,8-15H,6-7,16-19H2,1-2H3,(H,28,30). The summed E-state index contributed by atoms with van der Waals surface area (Å²) in [7, 11) is 3.11. The minimum Gasteiger partial charge on any atom is -0.493 e. The number of para-hydroxylation sites is 1. The van der Waals surface area contributed by atoms with Crippen molar-refractivity contribution in [2.75, 3.05) is 32.2 Å². The van der Waals surface area contributed by atoms with E-state index in [9.17, 15) is 4.79 Å². The van der Waals surface area contributed by atoms with Crippen molar-refractivity contribution in [3.63, 3.8) is 0 Å². The van der Waals surface area contributed by atoms with Crippen molar-refractivity contribution in [1.82, 2.24) is 5.32 Å². The highest BCUT2D eigenvalue weighted by Crippen LogP contribution is 2.30. The van der Waals surface area contributed by atoms with Crippen LogP contribution in [-0.4, -0.2) is 33.2 Å². The molecule has 166 valence electrons. The van der Waals surface area contributed by atoms with E-state index < -0.39 is 0 Å². The first-order chi connectivity index (χ1) is 15.7. The summed E-state index contributed by atoms with van der Waals surface area (Å²) in [6, 6.07) is 22.8. The number of aryl methyl sites for hydroxylation is 1. The third-order valence-electron chi connectivity index (χ3n) is 6.01. The van der Waals surface area contributed by atoms with Gasteiger partial charge in [-0.1, -0.05) is 42.5 Å². The van der Waals surface area contributed by atoms with Gasteiger partial charge in [0.15, 0.2) is 11.5 Å². The SMILES string of the molecule is COc1cccc(C(=O)NCCCc2ccc(N3CCc4ccccc4C3)cc2)c1OC. The van der Waals surface area contributed by atoms with E-state index in [-0.39, 0.29) is 5.91 Å². The Labute approximate surface area is 190 Å². The molecule has 4 rings (SSSR count). The molecular formula is C27H30N2O3. The fourth-order valence-corrected chi connectivity index (χ4v) is 4.25. The van der Waals surface area contributed by atoms with Crippen LogP contribution >= 0.6 is 0 Å². The number of methoxy groups -OCH3 is 2. The molecule has 1 aliphatic rings. The molecule has 1 heterocycles. The molecule has 5 nitrogen and oxygen atoms in total. The van der Waals surface area contributed by atoms with Gasteiger partial charge in [0.2, 0.25) is 0 Å². The number of fused-ring (bicyclic) bond motifs is 1. The van der Waals surface area contributed by atoms with Gasteiger partial charge in [-0.3, -0.25) is 4.79 Å². The van der Waals surface area contributed by atoms with Gasteiger partial charge in [-0.25, -0.2) is 0 Å². The largest absolute Gasteiger partial charge is 0.493 e. The first kappa shape index (κ1) is 21.8. The average molecular weight is 431 g/mol. The molecule has 1 aliphatic heterocycles. The zero-order valence-corrected chi connectivity index (χ0v) is 18.8. The summed E-state index contributed by atoms with van der Waals surface area (Å²) < 4.78 is 10.6. The number of hydrogen-bond acceptors (Lipinski definition) is 4. The molecule has 0 spiro atoms. The number of nitrogens with one attached hydrogen (secondary N) is 1. The molecule has 0 unspecified atom stereocenters. The highest BCUT2D eigenvalue weighted by atomic mass is 16.5. The summed E-state index contributed by atoms with van der Waals surface area (Å²) in [5, 5.41) is 2.98. The van der Waals surface area contributed by atoms with Gasteiger partial charge in [0.25, 0.3) is 5.91 Å². The normalized spacial score (nSPS) is 12.8. The van der Waals surface area contributed by atoms with Crippen molar-refractivity contribution < 1.29 is 14.3 Å². The van der Waals surface area contributed by atoms with E-state index in [0.717, 1.165) is 32.4 Å². The summed E-state index contributed by atoms with van der Waals surface area (Å²) in [4.78, 5) is 15.0. The predicted octanol–water partition coefficient (Wildman–Crippen LogP) is 4.63. The lowest BCUT2D eigenvalue weighted by atomic mass is 9.99. The number of benzene rings is 3. The van der Waals surface area contributed by atoms with Crippen LogP contribution in [0.15, 0.2) is 66.7 Å². The monoisotopic (exact) mass is 430 g/mol. The van der Waals surface area contributed by atoms with Gasteiger partial charge in [0, 0.05) is 25.3 Å². The number of amides is 1. The molecule has 1 N–H and O–H groups in total. The van der Waals surface area contributed by atoms with Gasteiger partial charge in [-0.15, -0.1) is 0 Å². The molecule has 3 aromatic rings. The van der Waals surface area contributed by atoms with Crippen LogP contribution < -0.4 is 19.7 Å². The molecule has 0 fully saturated rings. The maximum Gasteiger partial charge on any atom is 0.255 e. The molecule has 32 heavy (non-hydrogen) atoms. The summed E-state index contributed by atoms with van der Waals surface area (Å²) >= 11 is 0. The Morgan fingerprint density at radius 3 is 2.47 bits per heavy atom. The Kier molecular flexibility index (Phi) is 6.95. The lowest BCUT2D eigenvalue weighted by Gasteiger charge is -2.30. The van der Waals surface area contributed by atoms with Gasteiger partial charge >= 0.3 is 0 Å². The predicted molar refractivity (Wildman–Crippen MR) is 128 cm³/mol. The third-order valence-corrected chi connectivity index (χ3v) is 6.01. The van der Waals surface area contributed by atoms with E-state index in [4.69, 9.17) is 9.47 Å². The Morgan fingerprint density at radius 2 is 1.72 bits per heavy atom. The van der Waals surface area contributed by atoms with Gasteiger partial charge in [0.05, 0.1) is 19.8 Å². The summed E-state index contributed by atoms with van der Waals surface area (Å²) in [6.07, 6.45) is 2.88. The van der Waals surface area contributed by atoms with Crippen molar-refractivity contribution in [1.29, 1.82) is 0 Å². The minimum atomic E-state index is -0.151. The fourth-order valence-electron chi connectivity index (χ4n) is 4.25. The van der Waals surface area contributed by atoms with Crippen LogP contribution in [0.2, 0.25) is 0 Å². The topological polar surface area (TPSA) is 50.8 Å². The Hall–Kier alpha value is -3.47. The van der Waals surface area contributed by atoms with Crippen LogP contribution in [0.4, 0.5) is 5.69 Å². The molecular weight excluding hydrogens is 400 g/mol. The first-order valence-electron chi connectivity index (χ1n) is 11.1.